The van der Waals surface area contributed by atoms with Crippen LogP contribution in [0.15, 0.2) is 10.9 Å². The van der Waals surface area contributed by atoms with Crippen molar-refractivity contribution >= 4 is 11.6 Å². The Kier molecular flexibility index (Phi) is 4.80. The molecule has 4 rings (SSSR count). The highest BCUT2D eigenvalue weighted by Gasteiger charge is 2.37. The Morgan fingerprint density at radius 2 is 2.07 bits per heavy atom. The van der Waals surface area contributed by atoms with Crippen LogP contribution < -0.4 is 5.56 Å². The van der Waals surface area contributed by atoms with E-state index in [2.05, 4.69) is 10.1 Å². The van der Waals surface area contributed by atoms with Gasteiger partial charge < -0.3 is 9.64 Å². The van der Waals surface area contributed by atoms with Crippen molar-refractivity contribution in [2.75, 3.05) is 13.7 Å². The van der Waals surface area contributed by atoms with Gasteiger partial charge in [0.05, 0.1) is 17.8 Å². The second kappa shape index (κ2) is 7.11. The van der Waals surface area contributed by atoms with E-state index in [0.717, 1.165) is 56.5 Å². The molecule has 7 nitrogen and oxygen atoms in total. The number of nitrogens with zero attached hydrogens (tertiary/aromatic N) is 3. The van der Waals surface area contributed by atoms with Gasteiger partial charge in [0, 0.05) is 36.9 Å². The van der Waals surface area contributed by atoms with Crippen molar-refractivity contribution in [3.05, 3.63) is 33.4 Å². The number of nitrogens with one attached hydrogen (secondary N) is 1. The minimum Gasteiger partial charge on any atom is -0.381 e. The molecule has 2 fully saturated rings. The van der Waals surface area contributed by atoms with E-state index >= 15 is 0 Å². The lowest BCUT2D eigenvalue weighted by molar-refractivity contribution is -0.139. The molecule has 0 bridgehead atoms. The van der Waals surface area contributed by atoms with E-state index in [4.69, 9.17) is 4.74 Å². The van der Waals surface area contributed by atoms with Gasteiger partial charge in [0.15, 0.2) is 5.65 Å². The van der Waals surface area contributed by atoms with E-state index < -0.39 is 0 Å². The van der Waals surface area contributed by atoms with Crippen LogP contribution in [-0.2, 0) is 9.53 Å². The predicted octanol–water partition coefficient (Wildman–Crippen LogP) is 2.51. The third-order valence-electron chi connectivity index (χ3n) is 6.31. The smallest absolute Gasteiger partial charge is 0.275 e. The first-order valence-corrected chi connectivity index (χ1v) is 9.91. The zero-order valence-electron chi connectivity index (χ0n) is 16.3. The minimum absolute atomic E-state index is 0.0119. The number of aryl methyl sites for hydroxylation is 1. The lowest BCUT2D eigenvalue weighted by Crippen LogP contribution is -2.39. The van der Waals surface area contributed by atoms with Gasteiger partial charge in [-0.25, -0.2) is 9.50 Å². The standard InChI is InChI=1S/C20H28N4O3/c1-12-13(2)21-18-11-16(22-24(18)19(12)25)17-8-5-9-23(17)20(26)14-6-4-7-15(10-14)27-3/h11,14-15,17,22H,4-10H2,1-3H3/t14-,15-,17+/m0/s1. The van der Waals surface area contributed by atoms with Crippen LogP contribution in [0.4, 0.5) is 0 Å². The quantitative estimate of drug-likeness (QED) is 0.898. The van der Waals surface area contributed by atoms with Gasteiger partial charge in [-0.15, -0.1) is 0 Å². The number of carbonyl (C=O) groups excluding carboxylic acids is 1. The molecule has 1 aliphatic carbocycles. The Bertz CT molecular complexity index is 916. The van der Waals surface area contributed by atoms with E-state index in [1.165, 1.54) is 4.52 Å². The van der Waals surface area contributed by atoms with Gasteiger partial charge in [-0.3, -0.25) is 14.7 Å². The first-order chi connectivity index (χ1) is 13.0. The summed E-state index contributed by atoms with van der Waals surface area (Å²) in [7, 11) is 1.73. The van der Waals surface area contributed by atoms with Gasteiger partial charge >= 0.3 is 0 Å². The van der Waals surface area contributed by atoms with Crippen molar-refractivity contribution in [1.29, 1.82) is 0 Å². The molecule has 1 aliphatic heterocycles. The van der Waals surface area contributed by atoms with Crippen molar-refractivity contribution in [3.63, 3.8) is 0 Å². The number of likely N-dealkylation sites (tertiary alicyclic amines) is 1. The highest BCUT2D eigenvalue weighted by Crippen LogP contribution is 2.36. The number of ether oxygens (including phenoxy) is 1. The molecule has 27 heavy (non-hydrogen) atoms. The Balaban J connectivity index is 1.61. The molecular weight excluding hydrogens is 344 g/mol. The molecule has 7 heteroatoms. The van der Waals surface area contributed by atoms with Gasteiger partial charge in [-0.2, -0.15) is 0 Å². The van der Waals surface area contributed by atoms with E-state index in [1.54, 1.807) is 14.0 Å². The fraction of sp³-hybridized carbons (Fsp3) is 0.650. The Morgan fingerprint density at radius 3 is 2.85 bits per heavy atom. The summed E-state index contributed by atoms with van der Waals surface area (Å²) < 4.78 is 7.00. The number of aromatic nitrogens is 3. The van der Waals surface area contributed by atoms with Crippen molar-refractivity contribution in [3.8, 4) is 0 Å². The number of carbonyl (C=O) groups is 1. The van der Waals surface area contributed by atoms with Gasteiger partial charge in [0.1, 0.15) is 0 Å². The van der Waals surface area contributed by atoms with Crippen molar-refractivity contribution in [2.24, 2.45) is 5.92 Å². The zero-order chi connectivity index (χ0) is 19.1. The van der Waals surface area contributed by atoms with Crippen molar-refractivity contribution < 1.29 is 9.53 Å². The Labute approximate surface area is 158 Å². The number of rotatable bonds is 3. The maximum absolute atomic E-state index is 13.2. The summed E-state index contributed by atoms with van der Waals surface area (Å²) >= 11 is 0. The summed E-state index contributed by atoms with van der Waals surface area (Å²) in [6.07, 6.45) is 5.91. The van der Waals surface area contributed by atoms with Crippen molar-refractivity contribution in [1.82, 2.24) is 19.5 Å². The molecule has 2 aliphatic rings. The van der Waals surface area contributed by atoms with Crippen molar-refractivity contribution in [2.45, 2.75) is 64.5 Å². The highest BCUT2D eigenvalue weighted by atomic mass is 16.5. The summed E-state index contributed by atoms with van der Waals surface area (Å²) in [5.41, 5.74) is 2.84. The van der Waals surface area contributed by atoms with Gasteiger partial charge in [0.25, 0.3) is 5.56 Å². The maximum atomic E-state index is 13.2. The number of amides is 1. The SMILES string of the molecule is CO[C@H]1CCC[C@H](C(=O)N2CCC[C@@H]2c2cc3nc(C)c(C)c(=O)n3[nH]2)C1. The normalized spacial score (nSPS) is 26.0. The molecule has 0 spiro atoms. The first-order valence-electron chi connectivity index (χ1n) is 9.91. The maximum Gasteiger partial charge on any atom is 0.275 e. The first kappa shape index (κ1) is 18.2. The summed E-state index contributed by atoms with van der Waals surface area (Å²) in [4.78, 5) is 32.2. The Morgan fingerprint density at radius 1 is 1.26 bits per heavy atom. The van der Waals surface area contributed by atoms with Crippen LogP contribution in [0.5, 0.6) is 0 Å². The summed E-state index contributed by atoms with van der Waals surface area (Å²) in [5.74, 6) is 0.268. The number of H-pyrrole nitrogens is 1. The van der Waals surface area contributed by atoms with Crippen LogP contribution in [0.3, 0.4) is 0 Å². The predicted molar refractivity (Wildman–Crippen MR) is 102 cm³/mol. The molecule has 1 saturated heterocycles. The van der Waals surface area contributed by atoms with Crippen LogP contribution in [0.25, 0.3) is 5.65 Å². The molecule has 146 valence electrons. The zero-order valence-corrected chi connectivity index (χ0v) is 16.3. The molecule has 2 aromatic heterocycles. The number of fused-ring (bicyclic) bond motifs is 1. The number of hydrogen-bond donors (Lipinski definition) is 1. The number of aromatic amines is 1. The van der Waals surface area contributed by atoms with Gasteiger partial charge in [-0.1, -0.05) is 6.42 Å². The van der Waals surface area contributed by atoms with Crippen LogP contribution >= 0.6 is 0 Å². The topological polar surface area (TPSA) is 79.7 Å². The third kappa shape index (κ3) is 3.18. The minimum atomic E-state index is -0.0742. The second-order valence-corrected chi connectivity index (χ2v) is 7.94. The van der Waals surface area contributed by atoms with E-state index in [0.29, 0.717) is 11.2 Å². The summed E-state index contributed by atoms with van der Waals surface area (Å²) in [5, 5.41) is 3.20. The summed E-state index contributed by atoms with van der Waals surface area (Å²) in [6, 6.07) is 1.91. The number of methoxy groups -OCH3 is 1. The molecule has 1 N–H and O–H groups in total. The van der Waals surface area contributed by atoms with E-state index in [1.807, 2.05) is 17.9 Å². The average Bonchev–Trinajstić information content (AvgIpc) is 3.32. The molecular formula is C20H28N4O3. The molecule has 0 aromatic carbocycles. The number of hydrogen-bond acceptors (Lipinski definition) is 4. The largest absolute Gasteiger partial charge is 0.381 e. The van der Waals surface area contributed by atoms with Crippen LogP contribution in [0.2, 0.25) is 0 Å². The van der Waals surface area contributed by atoms with Gasteiger partial charge in [0.2, 0.25) is 5.91 Å². The van der Waals surface area contributed by atoms with E-state index in [-0.39, 0.29) is 29.5 Å². The van der Waals surface area contributed by atoms with E-state index in [9.17, 15) is 9.59 Å². The molecule has 3 atom stereocenters. The molecule has 1 saturated carbocycles. The molecule has 2 aromatic rings. The summed E-state index contributed by atoms with van der Waals surface area (Å²) in [6.45, 7) is 4.41. The molecule has 0 radical (unpaired) electrons. The average molecular weight is 372 g/mol. The third-order valence-corrected chi connectivity index (χ3v) is 6.31. The van der Waals surface area contributed by atoms with Crippen LogP contribution in [0.1, 0.15) is 61.5 Å². The lowest BCUT2D eigenvalue weighted by Gasteiger charge is -2.32. The van der Waals surface area contributed by atoms with Gasteiger partial charge in [-0.05, 0) is 46.0 Å². The van der Waals surface area contributed by atoms with Crippen LogP contribution in [0, 0.1) is 19.8 Å². The molecule has 1 amide bonds. The fourth-order valence-corrected chi connectivity index (χ4v) is 4.58. The van der Waals surface area contributed by atoms with Crippen LogP contribution in [-0.4, -0.2) is 45.2 Å². The fourth-order valence-electron chi connectivity index (χ4n) is 4.58. The highest BCUT2D eigenvalue weighted by molar-refractivity contribution is 5.79. The second-order valence-electron chi connectivity index (χ2n) is 7.94. The molecule has 0 unspecified atom stereocenters. The lowest BCUT2D eigenvalue weighted by atomic mass is 9.86. The monoisotopic (exact) mass is 372 g/mol. The molecule has 3 heterocycles. The Hall–Kier alpha value is -2.15.